The molecule has 3 aromatic rings. The maximum Gasteiger partial charge on any atom is 0.298 e. The summed E-state index contributed by atoms with van der Waals surface area (Å²) in [5.74, 6) is -0.858. The Morgan fingerprint density at radius 2 is 2.22 bits per heavy atom. The number of carbonyl (C=O) groups is 1. The van der Waals surface area contributed by atoms with Gasteiger partial charge in [0.1, 0.15) is 5.52 Å². The van der Waals surface area contributed by atoms with E-state index in [9.17, 15) is 13.4 Å². The number of amides is 1. The molecule has 3 heterocycles. The molecule has 1 aromatic carbocycles. The lowest BCUT2D eigenvalue weighted by Gasteiger charge is -2.26. The van der Waals surface area contributed by atoms with Crippen LogP contribution in [0.5, 0.6) is 0 Å². The molecule has 0 N–H and O–H groups in total. The molecule has 1 unspecified atom stereocenters. The molecule has 0 aliphatic carbocycles. The highest BCUT2D eigenvalue weighted by atomic mass is 32.2. The van der Waals surface area contributed by atoms with Crippen LogP contribution >= 0.6 is 0 Å². The van der Waals surface area contributed by atoms with E-state index in [-0.39, 0.29) is 18.0 Å². The first kappa shape index (κ1) is 17.7. The Balaban J connectivity index is 1.71. The quantitative estimate of drug-likeness (QED) is 0.681. The number of anilines is 1. The third kappa shape index (κ3) is 3.09. The van der Waals surface area contributed by atoms with Crippen LogP contribution < -0.4 is 4.90 Å². The minimum Gasteiger partial charge on any atom is -0.423 e. The zero-order valence-corrected chi connectivity index (χ0v) is 15.7. The number of carbonyl (C=O) groups excluding carboxylic acids is 1. The van der Waals surface area contributed by atoms with Crippen LogP contribution in [0.25, 0.3) is 11.1 Å². The first-order chi connectivity index (χ1) is 12.9. The fourth-order valence-electron chi connectivity index (χ4n) is 3.05. The van der Waals surface area contributed by atoms with Crippen molar-refractivity contribution in [3.8, 4) is 0 Å². The molecule has 0 saturated carbocycles. The largest absolute Gasteiger partial charge is 0.423 e. The summed E-state index contributed by atoms with van der Waals surface area (Å²) in [5, 5.41) is 4.27. The summed E-state index contributed by atoms with van der Waals surface area (Å²) in [7, 11) is -2.90. The molecule has 142 valence electrons. The number of para-hydroxylation sites is 1. The smallest absolute Gasteiger partial charge is 0.298 e. The molecular formula is C17H18FN5O3S. The lowest BCUT2D eigenvalue weighted by Crippen LogP contribution is -2.34. The summed E-state index contributed by atoms with van der Waals surface area (Å²) < 4.78 is 38.1. The van der Waals surface area contributed by atoms with Gasteiger partial charge in [-0.05, 0) is 12.1 Å². The number of benzene rings is 1. The van der Waals surface area contributed by atoms with Gasteiger partial charge in [-0.25, -0.2) is 8.60 Å². The van der Waals surface area contributed by atoms with E-state index in [1.807, 2.05) is 4.90 Å². The maximum absolute atomic E-state index is 13.9. The molecule has 1 aliphatic heterocycles. The lowest BCUT2D eigenvalue weighted by molar-refractivity contribution is -0.117. The number of oxazole rings is 1. The summed E-state index contributed by atoms with van der Waals surface area (Å²) in [5.41, 5.74) is 1.23. The number of aromatic nitrogens is 3. The van der Waals surface area contributed by atoms with Crippen LogP contribution in [0.2, 0.25) is 0 Å². The van der Waals surface area contributed by atoms with Crippen molar-refractivity contribution < 1.29 is 17.8 Å². The monoisotopic (exact) mass is 391 g/mol. The number of rotatable bonds is 3. The Kier molecular flexibility index (Phi) is 4.22. The van der Waals surface area contributed by atoms with Crippen molar-refractivity contribution in [2.24, 2.45) is 4.36 Å². The fourth-order valence-corrected chi connectivity index (χ4v) is 4.51. The minimum absolute atomic E-state index is 0.176. The molecule has 8 nitrogen and oxygen atoms in total. The van der Waals surface area contributed by atoms with E-state index in [0.717, 1.165) is 0 Å². The van der Waals surface area contributed by atoms with E-state index in [2.05, 4.69) is 14.4 Å². The summed E-state index contributed by atoms with van der Waals surface area (Å²) in [6.07, 6.45) is 3.13. The first-order valence-corrected chi connectivity index (χ1v) is 10.4. The molecule has 0 radical (unpaired) electrons. The average Bonchev–Trinajstić information content (AvgIpc) is 3.25. The van der Waals surface area contributed by atoms with Crippen LogP contribution in [0.15, 0.2) is 38.1 Å². The number of hydrogen-bond donors (Lipinski definition) is 0. The van der Waals surface area contributed by atoms with Crippen molar-refractivity contribution >= 4 is 32.8 Å². The summed E-state index contributed by atoms with van der Waals surface area (Å²) in [6.45, 7) is 3.07. The van der Waals surface area contributed by atoms with Gasteiger partial charge in [0, 0.05) is 19.2 Å². The van der Waals surface area contributed by atoms with Crippen molar-refractivity contribution in [3.63, 3.8) is 0 Å². The van der Waals surface area contributed by atoms with E-state index in [4.69, 9.17) is 4.42 Å². The van der Waals surface area contributed by atoms with Crippen LogP contribution in [0.3, 0.4) is 0 Å². The molecule has 0 bridgehead atoms. The highest BCUT2D eigenvalue weighted by Gasteiger charge is 2.27. The molecule has 0 fully saturated rings. The Bertz CT molecular complexity index is 1160. The van der Waals surface area contributed by atoms with Crippen molar-refractivity contribution in [2.45, 2.75) is 31.3 Å². The predicted molar refractivity (Wildman–Crippen MR) is 97.3 cm³/mol. The van der Waals surface area contributed by atoms with Crippen LogP contribution in [0.4, 0.5) is 10.4 Å². The molecule has 10 heteroatoms. The van der Waals surface area contributed by atoms with E-state index in [0.29, 0.717) is 35.8 Å². The van der Waals surface area contributed by atoms with Gasteiger partial charge in [0.05, 0.1) is 39.6 Å². The van der Waals surface area contributed by atoms with Gasteiger partial charge in [-0.15, -0.1) is 0 Å². The van der Waals surface area contributed by atoms with Crippen LogP contribution in [0, 0.1) is 5.82 Å². The topological polar surface area (TPSA) is 93.6 Å². The molecule has 27 heavy (non-hydrogen) atoms. The fraction of sp³-hybridized carbons (Fsp3) is 0.353. The third-order valence-electron chi connectivity index (χ3n) is 4.45. The lowest BCUT2D eigenvalue weighted by atomic mass is 10.3. The van der Waals surface area contributed by atoms with E-state index in [1.165, 1.54) is 18.5 Å². The maximum atomic E-state index is 13.9. The predicted octanol–water partition coefficient (Wildman–Crippen LogP) is 2.58. The molecule has 1 amide bonds. The van der Waals surface area contributed by atoms with E-state index >= 15 is 0 Å². The number of halogens is 1. The van der Waals surface area contributed by atoms with Crippen molar-refractivity contribution in [1.29, 1.82) is 0 Å². The number of fused-ring (bicyclic) bond motifs is 2. The molecule has 2 aromatic heterocycles. The van der Waals surface area contributed by atoms with E-state index < -0.39 is 21.5 Å². The van der Waals surface area contributed by atoms with E-state index in [1.54, 1.807) is 23.7 Å². The Morgan fingerprint density at radius 3 is 2.96 bits per heavy atom. The average molecular weight is 391 g/mol. The Morgan fingerprint density at radius 1 is 1.41 bits per heavy atom. The highest BCUT2D eigenvalue weighted by Crippen LogP contribution is 2.29. The highest BCUT2D eigenvalue weighted by molar-refractivity contribution is 7.93. The normalized spacial score (nSPS) is 16.2. The SMILES string of the molecule is CCC(=O)N=S(C)(=O)c1cnn2c1CN(c1nc3c(F)cccc3o1)CC2. The van der Waals surface area contributed by atoms with Crippen molar-refractivity contribution in [2.75, 3.05) is 17.7 Å². The second kappa shape index (κ2) is 6.45. The first-order valence-electron chi connectivity index (χ1n) is 8.48. The molecule has 0 saturated heterocycles. The van der Waals surface area contributed by atoms with Crippen molar-refractivity contribution in [3.05, 3.63) is 35.9 Å². The van der Waals surface area contributed by atoms with Gasteiger partial charge >= 0.3 is 0 Å². The second-order valence-corrected chi connectivity index (χ2v) is 8.55. The molecule has 4 rings (SSSR count). The van der Waals surface area contributed by atoms with Crippen LogP contribution in [0.1, 0.15) is 19.0 Å². The molecule has 1 atom stereocenters. The Hall–Kier alpha value is -2.75. The van der Waals surface area contributed by atoms with Gasteiger partial charge in [-0.3, -0.25) is 9.48 Å². The van der Waals surface area contributed by atoms with Crippen molar-refractivity contribution in [1.82, 2.24) is 14.8 Å². The van der Waals surface area contributed by atoms with Gasteiger partial charge in [0.15, 0.2) is 11.4 Å². The van der Waals surface area contributed by atoms with Gasteiger partial charge in [0.25, 0.3) is 11.9 Å². The zero-order chi connectivity index (χ0) is 19.2. The minimum atomic E-state index is -2.90. The van der Waals surface area contributed by atoms with Gasteiger partial charge in [-0.1, -0.05) is 13.0 Å². The molecule has 0 spiro atoms. The second-order valence-electron chi connectivity index (χ2n) is 6.32. The number of hydrogen-bond acceptors (Lipinski definition) is 6. The van der Waals surface area contributed by atoms with Crippen LogP contribution in [-0.2, 0) is 27.6 Å². The third-order valence-corrected chi connectivity index (χ3v) is 6.16. The van der Waals surface area contributed by atoms with Gasteiger partial charge < -0.3 is 9.32 Å². The summed E-state index contributed by atoms with van der Waals surface area (Å²) >= 11 is 0. The van der Waals surface area contributed by atoms with Gasteiger partial charge in [0.2, 0.25) is 0 Å². The Labute approximate surface area is 155 Å². The summed E-state index contributed by atoms with van der Waals surface area (Å²) in [4.78, 5) is 18.2. The summed E-state index contributed by atoms with van der Waals surface area (Å²) in [6, 6.07) is 4.84. The molecule has 1 aliphatic rings. The number of nitrogens with zero attached hydrogens (tertiary/aromatic N) is 5. The molecular weight excluding hydrogens is 373 g/mol. The van der Waals surface area contributed by atoms with Crippen LogP contribution in [-0.4, -0.2) is 37.7 Å². The van der Waals surface area contributed by atoms with Gasteiger partial charge in [-0.2, -0.15) is 14.4 Å². The zero-order valence-electron chi connectivity index (χ0n) is 14.9. The standard InChI is InChI=1S/C17H18FN5O3S/c1-3-15(24)21-27(2,25)14-9-19-23-8-7-22(10-12(14)23)17-20-16-11(18)5-4-6-13(16)26-17/h4-6,9H,3,7-8,10H2,1-2H3.